The largest absolute Gasteiger partial charge is 0.490 e. The number of rotatable bonds is 9. The number of carbonyl (C=O) groups excluding carboxylic acids is 3. The van der Waals surface area contributed by atoms with Crippen LogP contribution in [-0.4, -0.2) is 43.3 Å². The molecule has 8 heteroatoms. The lowest BCUT2D eigenvalue weighted by molar-refractivity contribution is -0.127. The fraction of sp³-hybridized carbons (Fsp3) is 0.526. The lowest BCUT2D eigenvalue weighted by Gasteiger charge is -2.15. The Hall–Kier alpha value is -2.77. The second-order valence-corrected chi connectivity index (χ2v) is 6.11. The number of hydrogen-bond acceptors (Lipinski definition) is 6. The molecule has 8 nitrogen and oxygen atoms in total. The van der Waals surface area contributed by atoms with Crippen molar-refractivity contribution in [3.63, 3.8) is 0 Å². The summed E-state index contributed by atoms with van der Waals surface area (Å²) in [4.78, 5) is 35.8. The topological polar surface area (TPSA) is 103 Å². The molecule has 150 valence electrons. The van der Waals surface area contributed by atoms with Crippen LogP contribution in [0.5, 0.6) is 11.5 Å². The molecule has 27 heavy (non-hydrogen) atoms. The number of ether oxygens (including phenoxy) is 3. The number of esters is 1. The maximum absolute atomic E-state index is 12.3. The van der Waals surface area contributed by atoms with E-state index in [9.17, 15) is 14.4 Å². The molecule has 0 radical (unpaired) electrons. The summed E-state index contributed by atoms with van der Waals surface area (Å²) in [6, 6.07) is 3.90. The van der Waals surface area contributed by atoms with E-state index < -0.39 is 24.0 Å². The summed E-state index contributed by atoms with van der Waals surface area (Å²) in [5.74, 6) is -0.459. The van der Waals surface area contributed by atoms with Crippen molar-refractivity contribution in [2.24, 2.45) is 0 Å². The normalized spacial score (nSPS) is 11.5. The summed E-state index contributed by atoms with van der Waals surface area (Å²) < 4.78 is 16.2. The van der Waals surface area contributed by atoms with E-state index in [-0.39, 0.29) is 11.6 Å². The molecule has 0 fully saturated rings. The standard InChI is InChI=1S/C19H28N2O6/c1-6-10-26-15-9-8-14(11-16(15)25-7-2)18(23)27-13(5)17(22)21-19(24)20-12(3)4/h8-9,11-13H,6-7,10H2,1-5H3,(H2,20,21,22,24)/t13-/m0/s1. The number of amides is 3. The van der Waals surface area contributed by atoms with Gasteiger partial charge in [-0.3, -0.25) is 10.1 Å². The zero-order valence-electron chi connectivity index (χ0n) is 16.5. The lowest BCUT2D eigenvalue weighted by Crippen LogP contribution is -2.46. The molecule has 0 saturated heterocycles. The molecule has 0 aliphatic rings. The first-order valence-corrected chi connectivity index (χ1v) is 9.00. The highest BCUT2D eigenvalue weighted by Crippen LogP contribution is 2.29. The summed E-state index contributed by atoms with van der Waals surface area (Å²) in [7, 11) is 0. The van der Waals surface area contributed by atoms with E-state index in [1.807, 2.05) is 13.8 Å². The van der Waals surface area contributed by atoms with Gasteiger partial charge in [0.2, 0.25) is 0 Å². The Bertz CT molecular complexity index is 660. The number of nitrogens with one attached hydrogen (secondary N) is 2. The van der Waals surface area contributed by atoms with E-state index in [1.54, 1.807) is 19.9 Å². The highest BCUT2D eigenvalue weighted by Gasteiger charge is 2.22. The molecule has 0 spiro atoms. The van der Waals surface area contributed by atoms with Crippen LogP contribution in [0.2, 0.25) is 0 Å². The Morgan fingerprint density at radius 2 is 1.74 bits per heavy atom. The minimum absolute atomic E-state index is 0.124. The molecule has 1 atom stereocenters. The molecule has 1 aromatic rings. The monoisotopic (exact) mass is 380 g/mol. The van der Waals surface area contributed by atoms with Gasteiger partial charge in [0.25, 0.3) is 5.91 Å². The second kappa shape index (κ2) is 11.1. The number of benzene rings is 1. The first-order chi connectivity index (χ1) is 12.8. The van der Waals surface area contributed by atoms with Gasteiger partial charge in [-0.1, -0.05) is 6.92 Å². The van der Waals surface area contributed by atoms with Crippen molar-refractivity contribution in [1.82, 2.24) is 10.6 Å². The second-order valence-electron chi connectivity index (χ2n) is 6.11. The summed E-state index contributed by atoms with van der Waals surface area (Å²) in [5.41, 5.74) is 0.216. The van der Waals surface area contributed by atoms with Gasteiger partial charge in [0.1, 0.15) is 0 Å². The van der Waals surface area contributed by atoms with E-state index in [4.69, 9.17) is 14.2 Å². The molecule has 0 saturated carbocycles. The van der Waals surface area contributed by atoms with Crippen LogP contribution in [0.25, 0.3) is 0 Å². The van der Waals surface area contributed by atoms with Crippen LogP contribution in [0, 0.1) is 0 Å². The van der Waals surface area contributed by atoms with Gasteiger partial charge in [-0.25, -0.2) is 9.59 Å². The Balaban J connectivity index is 2.76. The van der Waals surface area contributed by atoms with Crippen molar-refractivity contribution < 1.29 is 28.6 Å². The van der Waals surface area contributed by atoms with Crippen LogP contribution in [-0.2, 0) is 9.53 Å². The SMILES string of the molecule is CCCOc1ccc(C(=O)O[C@@H](C)C(=O)NC(=O)NC(C)C)cc1OCC. The van der Waals surface area contributed by atoms with Crippen molar-refractivity contribution in [1.29, 1.82) is 0 Å². The van der Waals surface area contributed by atoms with Crippen molar-refractivity contribution >= 4 is 17.9 Å². The maximum Gasteiger partial charge on any atom is 0.339 e. The van der Waals surface area contributed by atoms with Crippen LogP contribution in [0.1, 0.15) is 51.4 Å². The third kappa shape index (κ3) is 7.55. The smallest absolute Gasteiger partial charge is 0.339 e. The summed E-state index contributed by atoms with van der Waals surface area (Å²) in [6.07, 6.45) is -0.297. The van der Waals surface area contributed by atoms with Crippen LogP contribution >= 0.6 is 0 Å². The molecule has 1 rings (SSSR count). The number of imide groups is 1. The molecule has 0 aromatic heterocycles. The average Bonchev–Trinajstić information content (AvgIpc) is 2.59. The van der Waals surface area contributed by atoms with Crippen molar-refractivity contribution in [2.75, 3.05) is 13.2 Å². The third-order valence-corrected chi connectivity index (χ3v) is 3.25. The van der Waals surface area contributed by atoms with Crippen LogP contribution in [0.4, 0.5) is 4.79 Å². The molecular weight excluding hydrogens is 352 g/mol. The van der Waals surface area contributed by atoms with Gasteiger partial charge in [-0.2, -0.15) is 0 Å². The molecule has 2 N–H and O–H groups in total. The first kappa shape index (κ1) is 22.3. The Morgan fingerprint density at radius 3 is 2.33 bits per heavy atom. The third-order valence-electron chi connectivity index (χ3n) is 3.25. The van der Waals surface area contributed by atoms with E-state index in [0.29, 0.717) is 24.7 Å². The Labute approximate surface area is 159 Å². The molecule has 0 aliphatic carbocycles. The maximum atomic E-state index is 12.3. The highest BCUT2D eigenvalue weighted by molar-refractivity contribution is 5.98. The zero-order valence-corrected chi connectivity index (χ0v) is 16.5. The van der Waals surface area contributed by atoms with Gasteiger partial charge in [-0.05, 0) is 52.3 Å². The van der Waals surface area contributed by atoms with Crippen LogP contribution < -0.4 is 20.1 Å². The minimum Gasteiger partial charge on any atom is -0.490 e. The van der Waals surface area contributed by atoms with Crippen LogP contribution in [0.3, 0.4) is 0 Å². The fourth-order valence-corrected chi connectivity index (χ4v) is 2.03. The fourth-order valence-electron chi connectivity index (χ4n) is 2.03. The molecule has 0 aliphatic heterocycles. The quantitative estimate of drug-likeness (QED) is 0.639. The summed E-state index contributed by atoms with van der Waals surface area (Å²) in [6.45, 7) is 9.65. The Morgan fingerprint density at radius 1 is 1.04 bits per heavy atom. The lowest BCUT2D eigenvalue weighted by atomic mass is 10.2. The zero-order chi connectivity index (χ0) is 20.4. The van der Waals surface area contributed by atoms with Gasteiger partial charge in [0.15, 0.2) is 17.6 Å². The predicted molar refractivity (Wildman–Crippen MR) is 100 cm³/mol. The number of hydrogen-bond donors (Lipinski definition) is 2. The highest BCUT2D eigenvalue weighted by atomic mass is 16.5. The molecule has 0 bridgehead atoms. The van der Waals surface area contributed by atoms with E-state index in [1.165, 1.54) is 19.1 Å². The van der Waals surface area contributed by atoms with Crippen LogP contribution in [0.15, 0.2) is 18.2 Å². The predicted octanol–water partition coefficient (Wildman–Crippen LogP) is 2.65. The number of carbonyl (C=O) groups is 3. The minimum atomic E-state index is -1.14. The molecule has 1 aromatic carbocycles. The van der Waals surface area contributed by atoms with Crippen molar-refractivity contribution in [2.45, 2.75) is 53.2 Å². The average molecular weight is 380 g/mol. The molecular formula is C19H28N2O6. The van der Waals surface area contributed by atoms with Gasteiger partial charge < -0.3 is 19.5 Å². The first-order valence-electron chi connectivity index (χ1n) is 9.00. The van der Waals surface area contributed by atoms with Gasteiger partial charge >= 0.3 is 12.0 Å². The van der Waals surface area contributed by atoms with Gasteiger partial charge in [0, 0.05) is 6.04 Å². The van der Waals surface area contributed by atoms with E-state index >= 15 is 0 Å². The molecule has 0 unspecified atom stereocenters. The molecule has 0 heterocycles. The van der Waals surface area contributed by atoms with Gasteiger partial charge in [0.05, 0.1) is 18.8 Å². The molecule has 3 amide bonds. The summed E-state index contributed by atoms with van der Waals surface area (Å²) >= 11 is 0. The van der Waals surface area contributed by atoms with Gasteiger partial charge in [-0.15, -0.1) is 0 Å². The summed E-state index contributed by atoms with van der Waals surface area (Å²) in [5, 5.41) is 4.64. The Kier molecular flexibility index (Phi) is 9.12. The number of urea groups is 1. The van der Waals surface area contributed by atoms with Crippen molar-refractivity contribution in [3.05, 3.63) is 23.8 Å². The van der Waals surface area contributed by atoms with E-state index in [0.717, 1.165) is 6.42 Å². The van der Waals surface area contributed by atoms with E-state index in [2.05, 4.69) is 10.6 Å². The van der Waals surface area contributed by atoms with Crippen molar-refractivity contribution in [3.8, 4) is 11.5 Å².